The van der Waals surface area contributed by atoms with Gasteiger partial charge in [0.2, 0.25) is 5.91 Å². The Balaban J connectivity index is 1.57. The second-order valence-corrected chi connectivity index (χ2v) is 4.92. The number of hydrogen-bond donors (Lipinski definition) is 2. The first-order chi connectivity index (χ1) is 8.84. The Kier molecular flexibility index (Phi) is 5.21. The highest BCUT2D eigenvalue weighted by molar-refractivity contribution is 5.76. The molecule has 98 valence electrons. The Morgan fingerprint density at radius 2 is 2.17 bits per heavy atom. The number of benzene rings is 1. The van der Waals surface area contributed by atoms with E-state index in [1.54, 1.807) is 0 Å². The summed E-state index contributed by atoms with van der Waals surface area (Å²) in [6.07, 6.45) is 4.99. The van der Waals surface area contributed by atoms with E-state index in [1.165, 1.54) is 18.4 Å². The molecule has 18 heavy (non-hydrogen) atoms. The summed E-state index contributed by atoms with van der Waals surface area (Å²) in [7, 11) is 0. The van der Waals surface area contributed by atoms with Crippen LogP contribution in [0.5, 0.6) is 0 Å². The average Bonchev–Trinajstić information content (AvgIpc) is 2.91. The first-order valence-corrected chi connectivity index (χ1v) is 6.88. The maximum atomic E-state index is 11.7. The summed E-state index contributed by atoms with van der Waals surface area (Å²) in [4.78, 5) is 11.7. The molecular weight excluding hydrogens is 224 g/mol. The quantitative estimate of drug-likeness (QED) is 0.804. The second kappa shape index (κ2) is 7.17. The third kappa shape index (κ3) is 4.49. The standard InChI is InChI=1S/C15H22N2O/c18-15(9-8-13-5-2-1-3-6-13)17-12-10-14-7-4-11-16-14/h1-3,5-6,14,16H,4,7-12H2,(H,17,18). The molecule has 1 aromatic rings. The lowest BCUT2D eigenvalue weighted by molar-refractivity contribution is -0.121. The molecular formula is C15H22N2O. The van der Waals surface area contributed by atoms with Crippen molar-refractivity contribution in [2.45, 2.75) is 38.1 Å². The summed E-state index contributed by atoms with van der Waals surface area (Å²) in [6, 6.07) is 10.8. The van der Waals surface area contributed by atoms with Crippen molar-refractivity contribution in [1.82, 2.24) is 10.6 Å². The molecule has 1 aromatic carbocycles. The first-order valence-electron chi connectivity index (χ1n) is 6.88. The number of amides is 1. The summed E-state index contributed by atoms with van der Waals surface area (Å²) in [5, 5.41) is 6.44. The number of hydrogen-bond acceptors (Lipinski definition) is 2. The number of aryl methyl sites for hydroxylation is 1. The van der Waals surface area contributed by atoms with Gasteiger partial charge < -0.3 is 10.6 Å². The van der Waals surface area contributed by atoms with Crippen LogP contribution in [0.3, 0.4) is 0 Å². The van der Waals surface area contributed by atoms with Crippen LogP contribution in [0.1, 0.15) is 31.2 Å². The highest BCUT2D eigenvalue weighted by atomic mass is 16.1. The van der Waals surface area contributed by atoms with Crippen LogP contribution in [0.2, 0.25) is 0 Å². The fourth-order valence-corrected chi connectivity index (χ4v) is 2.38. The maximum absolute atomic E-state index is 11.7. The lowest BCUT2D eigenvalue weighted by atomic mass is 10.1. The normalized spacial score (nSPS) is 18.8. The van der Waals surface area contributed by atoms with E-state index in [2.05, 4.69) is 22.8 Å². The Labute approximate surface area is 109 Å². The van der Waals surface area contributed by atoms with Crippen molar-refractivity contribution in [1.29, 1.82) is 0 Å². The van der Waals surface area contributed by atoms with Crippen LogP contribution < -0.4 is 10.6 Å². The molecule has 3 heteroatoms. The van der Waals surface area contributed by atoms with Crippen molar-refractivity contribution in [2.75, 3.05) is 13.1 Å². The molecule has 1 amide bonds. The lowest BCUT2D eigenvalue weighted by Gasteiger charge is -2.10. The third-order valence-corrected chi connectivity index (χ3v) is 3.46. The van der Waals surface area contributed by atoms with Crippen molar-refractivity contribution in [3.05, 3.63) is 35.9 Å². The molecule has 1 atom stereocenters. The minimum Gasteiger partial charge on any atom is -0.356 e. The molecule has 1 fully saturated rings. The van der Waals surface area contributed by atoms with Crippen LogP contribution in [0, 0.1) is 0 Å². The van der Waals surface area contributed by atoms with Gasteiger partial charge in [-0.05, 0) is 37.8 Å². The molecule has 1 aliphatic rings. The predicted molar refractivity (Wildman–Crippen MR) is 73.4 cm³/mol. The summed E-state index contributed by atoms with van der Waals surface area (Å²) < 4.78 is 0. The topological polar surface area (TPSA) is 41.1 Å². The monoisotopic (exact) mass is 246 g/mol. The maximum Gasteiger partial charge on any atom is 0.220 e. The summed E-state index contributed by atoms with van der Waals surface area (Å²) in [5.74, 6) is 0.164. The van der Waals surface area contributed by atoms with E-state index in [1.807, 2.05) is 18.2 Å². The van der Waals surface area contributed by atoms with Crippen LogP contribution in [0.25, 0.3) is 0 Å². The van der Waals surface area contributed by atoms with Crippen LogP contribution in [0.15, 0.2) is 30.3 Å². The van der Waals surface area contributed by atoms with Gasteiger partial charge in [0.25, 0.3) is 0 Å². The van der Waals surface area contributed by atoms with E-state index < -0.39 is 0 Å². The van der Waals surface area contributed by atoms with Crippen LogP contribution in [-0.2, 0) is 11.2 Å². The zero-order valence-corrected chi connectivity index (χ0v) is 10.8. The molecule has 1 aliphatic heterocycles. The fraction of sp³-hybridized carbons (Fsp3) is 0.533. The van der Waals surface area contributed by atoms with Crippen molar-refractivity contribution in [3.63, 3.8) is 0 Å². The van der Waals surface area contributed by atoms with Crippen molar-refractivity contribution < 1.29 is 4.79 Å². The molecule has 2 N–H and O–H groups in total. The lowest BCUT2D eigenvalue weighted by Crippen LogP contribution is -2.30. The number of nitrogens with one attached hydrogen (secondary N) is 2. The van der Waals surface area contributed by atoms with E-state index in [-0.39, 0.29) is 5.91 Å². The van der Waals surface area contributed by atoms with Gasteiger partial charge in [0.15, 0.2) is 0 Å². The van der Waals surface area contributed by atoms with Gasteiger partial charge in [-0.15, -0.1) is 0 Å². The Bertz CT molecular complexity index is 358. The second-order valence-electron chi connectivity index (χ2n) is 4.92. The van der Waals surface area contributed by atoms with Crippen LogP contribution >= 0.6 is 0 Å². The summed E-state index contributed by atoms with van der Waals surface area (Å²) in [6.45, 7) is 1.93. The molecule has 1 saturated heterocycles. The van der Waals surface area contributed by atoms with Crippen molar-refractivity contribution >= 4 is 5.91 Å². The Morgan fingerprint density at radius 1 is 1.33 bits per heavy atom. The fourth-order valence-electron chi connectivity index (χ4n) is 2.38. The van der Waals surface area contributed by atoms with Gasteiger partial charge in [0.05, 0.1) is 0 Å². The molecule has 0 saturated carbocycles. The average molecular weight is 246 g/mol. The molecule has 0 spiro atoms. The van der Waals surface area contributed by atoms with E-state index in [0.717, 1.165) is 25.9 Å². The highest BCUT2D eigenvalue weighted by Gasteiger charge is 2.13. The number of rotatable bonds is 6. The summed E-state index contributed by atoms with van der Waals surface area (Å²) >= 11 is 0. The molecule has 3 nitrogen and oxygen atoms in total. The van der Waals surface area contributed by atoms with Gasteiger partial charge in [-0.1, -0.05) is 30.3 Å². The highest BCUT2D eigenvalue weighted by Crippen LogP contribution is 2.07. The Morgan fingerprint density at radius 3 is 2.89 bits per heavy atom. The first kappa shape index (κ1) is 13.1. The third-order valence-electron chi connectivity index (χ3n) is 3.46. The van der Waals surface area contributed by atoms with Crippen molar-refractivity contribution in [2.24, 2.45) is 0 Å². The van der Waals surface area contributed by atoms with Crippen LogP contribution in [0.4, 0.5) is 0 Å². The number of carbonyl (C=O) groups is 1. The van der Waals surface area contributed by atoms with E-state index >= 15 is 0 Å². The molecule has 2 rings (SSSR count). The molecule has 1 heterocycles. The van der Waals surface area contributed by atoms with Gasteiger partial charge in [-0.25, -0.2) is 0 Å². The summed E-state index contributed by atoms with van der Waals surface area (Å²) in [5.41, 5.74) is 1.23. The van der Waals surface area contributed by atoms with Gasteiger partial charge in [0.1, 0.15) is 0 Å². The minimum atomic E-state index is 0.164. The van der Waals surface area contributed by atoms with E-state index in [9.17, 15) is 4.79 Å². The van der Waals surface area contributed by atoms with Crippen LogP contribution in [-0.4, -0.2) is 25.0 Å². The van der Waals surface area contributed by atoms with Gasteiger partial charge in [-0.2, -0.15) is 0 Å². The zero-order chi connectivity index (χ0) is 12.6. The SMILES string of the molecule is O=C(CCc1ccccc1)NCCC1CCCN1. The zero-order valence-electron chi connectivity index (χ0n) is 10.8. The van der Waals surface area contributed by atoms with Crippen molar-refractivity contribution in [3.8, 4) is 0 Å². The van der Waals surface area contributed by atoms with Gasteiger partial charge in [0, 0.05) is 19.0 Å². The molecule has 0 aliphatic carbocycles. The largest absolute Gasteiger partial charge is 0.356 e. The van der Waals surface area contributed by atoms with Gasteiger partial charge in [-0.3, -0.25) is 4.79 Å². The minimum absolute atomic E-state index is 0.164. The molecule has 1 unspecified atom stereocenters. The predicted octanol–water partition coefficient (Wildman–Crippen LogP) is 1.88. The van der Waals surface area contributed by atoms with E-state index in [4.69, 9.17) is 0 Å². The van der Waals surface area contributed by atoms with E-state index in [0.29, 0.717) is 12.5 Å². The molecule has 0 aromatic heterocycles. The smallest absolute Gasteiger partial charge is 0.220 e. The van der Waals surface area contributed by atoms with Gasteiger partial charge >= 0.3 is 0 Å². The Hall–Kier alpha value is -1.35. The number of carbonyl (C=O) groups excluding carboxylic acids is 1. The molecule has 0 radical (unpaired) electrons. The molecule has 0 bridgehead atoms.